The van der Waals surface area contributed by atoms with Crippen LogP contribution in [0.4, 0.5) is 0 Å². The van der Waals surface area contributed by atoms with Gasteiger partial charge in [-0.25, -0.2) is 0 Å². The fourth-order valence-corrected chi connectivity index (χ4v) is 3.59. The predicted molar refractivity (Wildman–Crippen MR) is 84.7 cm³/mol. The summed E-state index contributed by atoms with van der Waals surface area (Å²) in [5.41, 5.74) is 0. The van der Waals surface area contributed by atoms with E-state index in [4.69, 9.17) is 4.74 Å². The molecule has 2 fully saturated rings. The second-order valence-corrected chi connectivity index (χ2v) is 10.8. The van der Waals surface area contributed by atoms with Crippen LogP contribution in [0.1, 0.15) is 12.8 Å². The van der Waals surface area contributed by atoms with E-state index in [9.17, 15) is 15.0 Å². The van der Waals surface area contributed by atoms with Crippen LogP contribution in [-0.2, 0) is 9.53 Å². The lowest BCUT2D eigenvalue weighted by Gasteiger charge is -2.36. The normalized spacial score (nSPS) is 34.2. The highest BCUT2D eigenvalue weighted by Crippen LogP contribution is 2.38. The predicted octanol–water partition coefficient (Wildman–Crippen LogP) is -0.174. The summed E-state index contributed by atoms with van der Waals surface area (Å²) in [4.78, 5) is 13.0. The number of nitrogens with zero attached hydrogens (tertiary/aromatic N) is 1. The summed E-state index contributed by atoms with van der Waals surface area (Å²) in [5, 5.41) is 23.0. The van der Waals surface area contributed by atoms with Gasteiger partial charge in [0.2, 0.25) is 5.91 Å². The first kappa shape index (κ1) is 16.6. The molecule has 0 aliphatic carbocycles. The molecule has 0 bridgehead atoms. The molecule has 0 spiro atoms. The van der Waals surface area contributed by atoms with Crippen LogP contribution < -0.4 is 5.32 Å². The molecule has 0 radical (unpaired) electrons. The Hall–Kier alpha value is -0.810. The minimum Gasteiger partial charge on any atom is -0.388 e. The van der Waals surface area contributed by atoms with Crippen molar-refractivity contribution in [1.29, 1.82) is 0 Å². The average molecular weight is 316 g/mol. The number of carbonyl (C=O) groups is 1. The van der Waals surface area contributed by atoms with Gasteiger partial charge in [0.05, 0.1) is 6.10 Å². The lowest BCUT2D eigenvalue weighted by molar-refractivity contribution is -0.128. The summed E-state index contributed by atoms with van der Waals surface area (Å²) in [5.74, 6) is 0.317. The molecule has 21 heavy (non-hydrogen) atoms. The monoisotopic (exact) mass is 316 g/mol. The van der Waals surface area contributed by atoms with Gasteiger partial charge in [0.1, 0.15) is 18.0 Å². The van der Waals surface area contributed by atoms with Gasteiger partial charge >= 0.3 is 0 Å². The summed E-state index contributed by atoms with van der Waals surface area (Å²) >= 11 is 0. The number of ether oxygens (including phenoxy) is 1. The van der Waals surface area contributed by atoms with Gasteiger partial charge in [0, 0.05) is 13.0 Å². The van der Waals surface area contributed by atoms with Crippen LogP contribution in [0.2, 0.25) is 0 Å². The van der Waals surface area contributed by atoms with E-state index < -0.39 is 31.4 Å². The molecule has 4 atom stereocenters. The number of rotatable bonds is 4. The lowest BCUT2D eigenvalue weighted by atomic mass is 10.1. The molecular formula is C14H25N2O4P. The van der Waals surface area contributed by atoms with E-state index in [0.29, 0.717) is 25.2 Å². The molecule has 6 nitrogen and oxygen atoms in total. The summed E-state index contributed by atoms with van der Waals surface area (Å²) in [6, 6.07) is 0. The first-order valence-electron chi connectivity index (χ1n) is 7.13. The Balaban J connectivity index is 2.01. The van der Waals surface area contributed by atoms with Crippen LogP contribution in [0, 0.1) is 0 Å². The highest BCUT2D eigenvalue weighted by molar-refractivity contribution is 7.72. The van der Waals surface area contributed by atoms with E-state index in [0.717, 1.165) is 6.16 Å². The Kier molecular flexibility index (Phi) is 4.83. The van der Waals surface area contributed by atoms with Crippen molar-refractivity contribution in [3.8, 4) is 0 Å². The molecule has 2 rings (SSSR count). The van der Waals surface area contributed by atoms with Crippen molar-refractivity contribution in [2.45, 2.75) is 37.4 Å². The minimum absolute atomic E-state index is 0.0931. The zero-order valence-electron chi connectivity index (χ0n) is 12.7. The molecule has 1 unspecified atom stereocenters. The van der Waals surface area contributed by atoms with Crippen molar-refractivity contribution >= 4 is 19.1 Å². The van der Waals surface area contributed by atoms with Gasteiger partial charge < -0.3 is 25.2 Å². The van der Waals surface area contributed by atoms with Crippen LogP contribution in [0.5, 0.6) is 0 Å². The topological polar surface area (TPSA) is 82.0 Å². The van der Waals surface area contributed by atoms with Crippen LogP contribution >= 0.6 is 6.89 Å². The fraction of sp³-hybridized carbons (Fsp3) is 0.714. The molecule has 2 aliphatic heterocycles. The van der Waals surface area contributed by atoms with Crippen LogP contribution in [0.25, 0.3) is 0 Å². The standard InChI is InChI=1S/C14H25N2O4P/c1-9-15-11(17)5-7-16(9)14-13(19)12(18)10(20-14)6-8-21(2,3)4/h10,12-14,18-19H,1-2,5-8H2,3-4H3,(H,15,17)/t10-,12-,13?,14-/m1/s1. The molecule has 0 aromatic rings. The summed E-state index contributed by atoms with van der Waals surface area (Å²) in [7, 11) is 0. The van der Waals surface area contributed by atoms with Gasteiger partial charge in [-0.1, -0.05) is 6.58 Å². The van der Waals surface area contributed by atoms with Gasteiger partial charge in [0.25, 0.3) is 0 Å². The number of aliphatic hydroxyl groups excluding tert-OH is 2. The van der Waals surface area contributed by atoms with Crippen LogP contribution in [-0.4, -0.2) is 77.9 Å². The highest BCUT2D eigenvalue weighted by atomic mass is 31.2. The maximum atomic E-state index is 11.3. The van der Waals surface area contributed by atoms with Gasteiger partial charge in [-0.3, -0.25) is 4.79 Å². The fourth-order valence-electron chi connectivity index (χ4n) is 2.64. The highest BCUT2D eigenvalue weighted by Gasteiger charge is 2.46. The molecule has 2 saturated heterocycles. The molecule has 2 heterocycles. The van der Waals surface area contributed by atoms with Crippen molar-refractivity contribution in [3.05, 3.63) is 12.4 Å². The summed E-state index contributed by atoms with van der Waals surface area (Å²) < 4.78 is 5.83. The number of carbonyl (C=O) groups excluding carboxylic acids is 1. The van der Waals surface area contributed by atoms with Gasteiger partial charge in [-0.15, -0.1) is 13.2 Å². The molecule has 0 aromatic carbocycles. The van der Waals surface area contributed by atoms with E-state index >= 15 is 0 Å². The second kappa shape index (κ2) is 6.13. The van der Waals surface area contributed by atoms with Gasteiger partial charge in [-0.2, -0.15) is 0 Å². The second-order valence-electron chi connectivity index (χ2n) is 6.43. The van der Waals surface area contributed by atoms with E-state index in [-0.39, 0.29) is 5.91 Å². The Labute approximate surface area is 125 Å². The zero-order chi connectivity index (χ0) is 15.8. The number of amides is 1. The third kappa shape index (κ3) is 3.89. The maximum Gasteiger partial charge on any atom is 0.227 e. The number of hydrogen-bond donors (Lipinski definition) is 3. The SMILES string of the molecule is C=C1NC(=O)CCN1[C@@H]1O[C@H](CCP(=C)(C)C)[C@@H](O)C1O. The molecular weight excluding hydrogens is 291 g/mol. The average Bonchev–Trinajstić information content (AvgIpc) is 2.64. The molecule has 7 heteroatoms. The summed E-state index contributed by atoms with van der Waals surface area (Å²) in [6.45, 7) is 7.27. The number of aliphatic hydroxyl groups is 2. The first-order valence-corrected chi connectivity index (χ1v) is 10.2. The number of hydrogen-bond acceptors (Lipinski definition) is 5. The van der Waals surface area contributed by atoms with E-state index in [1.807, 2.05) is 0 Å². The van der Waals surface area contributed by atoms with Crippen molar-refractivity contribution in [3.63, 3.8) is 0 Å². The third-order valence-corrected chi connectivity index (χ3v) is 5.34. The van der Waals surface area contributed by atoms with Gasteiger partial charge in [0.15, 0.2) is 6.23 Å². The zero-order valence-corrected chi connectivity index (χ0v) is 13.6. The maximum absolute atomic E-state index is 11.3. The van der Waals surface area contributed by atoms with E-state index in [1.54, 1.807) is 4.90 Å². The quantitative estimate of drug-likeness (QED) is 0.627. The van der Waals surface area contributed by atoms with Crippen molar-refractivity contribution in [2.24, 2.45) is 0 Å². The van der Waals surface area contributed by atoms with Gasteiger partial charge in [-0.05, 0) is 25.9 Å². The molecule has 120 valence electrons. The van der Waals surface area contributed by atoms with Crippen LogP contribution in [0.3, 0.4) is 0 Å². The molecule has 2 aliphatic rings. The van der Waals surface area contributed by atoms with Crippen LogP contribution in [0.15, 0.2) is 12.4 Å². The third-order valence-electron chi connectivity index (χ3n) is 3.87. The van der Waals surface area contributed by atoms with Crippen molar-refractivity contribution < 1.29 is 19.7 Å². The first-order chi connectivity index (χ1) is 9.69. The molecule has 0 saturated carbocycles. The smallest absolute Gasteiger partial charge is 0.227 e. The Morgan fingerprint density at radius 3 is 2.67 bits per heavy atom. The number of nitrogens with one attached hydrogen (secondary N) is 1. The van der Waals surface area contributed by atoms with Crippen molar-refractivity contribution in [1.82, 2.24) is 10.2 Å². The Morgan fingerprint density at radius 1 is 1.43 bits per heavy atom. The Bertz CT molecular complexity index is 476. The minimum atomic E-state index is -1.20. The summed E-state index contributed by atoms with van der Waals surface area (Å²) in [6.07, 6.45) is 3.04. The van der Waals surface area contributed by atoms with E-state index in [1.165, 1.54) is 0 Å². The molecule has 1 amide bonds. The Morgan fingerprint density at radius 2 is 2.10 bits per heavy atom. The van der Waals surface area contributed by atoms with E-state index in [2.05, 4.69) is 31.5 Å². The van der Waals surface area contributed by atoms with Crippen molar-refractivity contribution in [2.75, 3.05) is 26.0 Å². The molecule has 3 N–H and O–H groups in total. The largest absolute Gasteiger partial charge is 0.388 e. The lowest BCUT2D eigenvalue weighted by Crippen LogP contribution is -2.51. The molecule has 0 aromatic heterocycles.